The predicted molar refractivity (Wildman–Crippen MR) is 421 cm³/mol. The molecule has 0 saturated heterocycles. The standard InChI is InChI=1S/C48H32N2.C47H31N3/c1-3-12-33(13-4-1)35-22-26-39(27-23-35)49-45-20-9-7-18-41(45)43-28-24-38(32-48(43)49)37-25-29-47-44(31-37)42-19-8-10-21-46(42)50(47)40-17-11-16-36(30-40)34-14-5-2-6-15-34;1-2-8-32(9-3-1)33-14-22-39(23-15-33)50-44-12-6-4-10-40(44)42-24-18-37(31-47(42)50)36-19-25-46-43(30-36)41-11-5-7-13-45(41)49(46)38-20-16-34(17-21-38)35-26-28-48-29-27-35/h1-32H;1-31H. The number of fused-ring (bicyclic) bond motifs is 12. The average Bonchev–Trinajstić information content (AvgIpc) is 1.60. The second-order valence-corrected chi connectivity index (χ2v) is 25.9. The smallest absolute Gasteiger partial charge is 0.0547 e. The number of pyridine rings is 1. The fraction of sp³-hybridized carbons (Fsp3) is 0. The lowest BCUT2D eigenvalue weighted by Crippen LogP contribution is -1.94. The molecule has 5 nitrogen and oxygen atoms in total. The van der Waals surface area contributed by atoms with Crippen molar-refractivity contribution in [3.05, 3.63) is 382 Å². The molecule has 0 N–H and O–H groups in total. The number of nitrogens with zero attached hydrogens (tertiary/aromatic N) is 5. The zero-order valence-electron chi connectivity index (χ0n) is 54.6. The quantitative estimate of drug-likeness (QED) is 0.134. The first-order chi connectivity index (χ1) is 49.6. The van der Waals surface area contributed by atoms with E-state index in [0.717, 1.165) is 22.7 Å². The number of hydrogen-bond acceptors (Lipinski definition) is 1. The van der Waals surface area contributed by atoms with Gasteiger partial charge in [0.25, 0.3) is 0 Å². The molecule has 100 heavy (non-hydrogen) atoms. The van der Waals surface area contributed by atoms with Crippen LogP contribution in [-0.2, 0) is 0 Å². The Bertz CT molecular complexity index is 6460. The molecule has 0 atom stereocenters. The fourth-order valence-corrected chi connectivity index (χ4v) is 15.4. The van der Waals surface area contributed by atoms with E-state index in [0.29, 0.717) is 0 Å². The van der Waals surface area contributed by atoms with Crippen molar-refractivity contribution < 1.29 is 0 Å². The summed E-state index contributed by atoms with van der Waals surface area (Å²) in [7, 11) is 0. The predicted octanol–water partition coefficient (Wildman–Crippen LogP) is 25.2. The van der Waals surface area contributed by atoms with Gasteiger partial charge in [-0.25, -0.2) is 0 Å². The van der Waals surface area contributed by atoms with Gasteiger partial charge < -0.3 is 18.3 Å². The highest BCUT2D eigenvalue weighted by Crippen LogP contribution is 2.42. The molecule has 0 aliphatic heterocycles. The fourth-order valence-electron chi connectivity index (χ4n) is 15.4. The van der Waals surface area contributed by atoms with Gasteiger partial charge in [-0.3, -0.25) is 4.98 Å². The van der Waals surface area contributed by atoms with E-state index in [1.807, 2.05) is 12.4 Å². The van der Waals surface area contributed by atoms with E-state index in [2.05, 4.69) is 393 Å². The van der Waals surface area contributed by atoms with Gasteiger partial charge in [0, 0.05) is 78.2 Å². The van der Waals surface area contributed by atoms with Crippen molar-refractivity contribution in [1.29, 1.82) is 0 Å². The van der Waals surface area contributed by atoms with Crippen LogP contribution in [0.5, 0.6) is 0 Å². The molecule has 468 valence electrons. The summed E-state index contributed by atoms with van der Waals surface area (Å²) in [6.07, 6.45) is 3.68. The van der Waals surface area contributed by atoms with Crippen LogP contribution in [0.3, 0.4) is 0 Å². The van der Waals surface area contributed by atoms with Crippen molar-refractivity contribution in [2.45, 2.75) is 0 Å². The summed E-state index contributed by atoms with van der Waals surface area (Å²) in [5, 5.41) is 10.0. The first kappa shape index (κ1) is 58.0. The van der Waals surface area contributed by atoms with Crippen molar-refractivity contribution in [3.8, 4) is 89.5 Å². The SMILES string of the molecule is c1ccc(-c2ccc(-n3c4ccccc4c4ccc(-c5ccc6c(c5)c5ccccc5n6-c5ccc(-c6ccncc6)cc5)cc43)cc2)cc1.c1ccc(-c2ccc(-n3c4ccccc4c4ccc(-c5ccc6c(c5)c5ccccc5n6-c5cccc(-c6ccccc6)c5)cc43)cc2)cc1. The van der Waals surface area contributed by atoms with E-state index in [-0.39, 0.29) is 0 Å². The van der Waals surface area contributed by atoms with Crippen LogP contribution in [0, 0.1) is 0 Å². The number of para-hydroxylation sites is 4. The molecule has 0 aliphatic carbocycles. The Hall–Kier alpha value is -13.4. The third-order valence-electron chi connectivity index (χ3n) is 20.2. The van der Waals surface area contributed by atoms with Crippen molar-refractivity contribution in [2.24, 2.45) is 0 Å². The second kappa shape index (κ2) is 24.4. The van der Waals surface area contributed by atoms with Crippen molar-refractivity contribution >= 4 is 87.2 Å². The number of rotatable bonds is 10. The van der Waals surface area contributed by atoms with E-state index in [4.69, 9.17) is 0 Å². The minimum absolute atomic E-state index is 1.14. The van der Waals surface area contributed by atoms with Gasteiger partial charge >= 0.3 is 0 Å². The minimum atomic E-state index is 1.14. The largest absolute Gasteiger partial charge is 0.309 e. The van der Waals surface area contributed by atoms with Crippen LogP contribution in [0.2, 0.25) is 0 Å². The maximum Gasteiger partial charge on any atom is 0.0547 e. The van der Waals surface area contributed by atoms with Crippen molar-refractivity contribution in [1.82, 2.24) is 23.3 Å². The first-order valence-electron chi connectivity index (χ1n) is 34.2. The van der Waals surface area contributed by atoms with Gasteiger partial charge in [-0.15, -0.1) is 0 Å². The second-order valence-electron chi connectivity index (χ2n) is 25.9. The lowest BCUT2D eigenvalue weighted by Gasteiger charge is -2.11. The molecule has 20 aromatic rings. The molecular formula is C95H63N5. The van der Waals surface area contributed by atoms with Crippen LogP contribution in [-0.4, -0.2) is 23.3 Å². The summed E-state index contributed by atoms with van der Waals surface area (Å²) in [5.74, 6) is 0. The summed E-state index contributed by atoms with van der Waals surface area (Å²) >= 11 is 0. The number of benzene rings is 15. The highest BCUT2D eigenvalue weighted by Gasteiger charge is 2.20. The van der Waals surface area contributed by atoms with Gasteiger partial charge in [-0.05, 0) is 188 Å². The lowest BCUT2D eigenvalue weighted by atomic mass is 10.0. The molecule has 0 aliphatic rings. The maximum atomic E-state index is 4.18. The van der Waals surface area contributed by atoms with E-state index in [1.165, 1.54) is 154 Å². The maximum absolute atomic E-state index is 4.18. The Morgan fingerprint density at radius 1 is 0.140 bits per heavy atom. The van der Waals surface area contributed by atoms with E-state index in [9.17, 15) is 0 Å². The van der Waals surface area contributed by atoms with Gasteiger partial charge in [0.1, 0.15) is 0 Å². The average molecular weight is 1270 g/mol. The van der Waals surface area contributed by atoms with Gasteiger partial charge in [0.15, 0.2) is 0 Å². The zero-order chi connectivity index (χ0) is 66.0. The number of hydrogen-bond donors (Lipinski definition) is 0. The molecule has 0 unspecified atom stereocenters. The van der Waals surface area contributed by atoms with Crippen LogP contribution in [0.4, 0.5) is 0 Å². The molecule has 0 amide bonds. The van der Waals surface area contributed by atoms with Crippen LogP contribution < -0.4 is 0 Å². The molecule has 5 heteroatoms. The normalized spacial score (nSPS) is 11.6. The molecule has 0 fully saturated rings. The molecule has 20 rings (SSSR count). The highest BCUT2D eigenvalue weighted by molar-refractivity contribution is 6.15. The molecular weight excluding hydrogens is 1210 g/mol. The molecule has 0 radical (unpaired) electrons. The Balaban J connectivity index is 0.000000139. The van der Waals surface area contributed by atoms with E-state index >= 15 is 0 Å². The van der Waals surface area contributed by atoms with Gasteiger partial charge in [-0.1, -0.05) is 249 Å². The summed E-state index contributed by atoms with van der Waals surface area (Å²) in [4.78, 5) is 4.18. The van der Waals surface area contributed by atoms with E-state index < -0.39 is 0 Å². The Labute approximate surface area is 578 Å². The Morgan fingerprint density at radius 2 is 0.400 bits per heavy atom. The van der Waals surface area contributed by atoms with E-state index in [1.54, 1.807) is 0 Å². The lowest BCUT2D eigenvalue weighted by molar-refractivity contribution is 1.18. The molecule has 0 spiro atoms. The third-order valence-corrected chi connectivity index (χ3v) is 20.2. The van der Waals surface area contributed by atoms with Crippen molar-refractivity contribution in [2.75, 3.05) is 0 Å². The molecule has 5 aromatic heterocycles. The van der Waals surface area contributed by atoms with Crippen LogP contribution in [0.15, 0.2) is 382 Å². The summed E-state index contributed by atoms with van der Waals surface area (Å²) in [6, 6.07) is 134. The molecule has 5 heterocycles. The summed E-state index contributed by atoms with van der Waals surface area (Å²) < 4.78 is 9.60. The first-order valence-corrected chi connectivity index (χ1v) is 34.2. The molecule has 0 bridgehead atoms. The van der Waals surface area contributed by atoms with Crippen LogP contribution >= 0.6 is 0 Å². The Morgan fingerprint density at radius 3 is 0.810 bits per heavy atom. The monoisotopic (exact) mass is 1270 g/mol. The van der Waals surface area contributed by atoms with Crippen LogP contribution in [0.1, 0.15) is 0 Å². The summed E-state index contributed by atoms with van der Waals surface area (Å²) in [6.45, 7) is 0. The Kier molecular flexibility index (Phi) is 14.2. The van der Waals surface area contributed by atoms with Crippen molar-refractivity contribution in [3.63, 3.8) is 0 Å². The zero-order valence-corrected chi connectivity index (χ0v) is 54.6. The molecule has 0 saturated carbocycles. The third kappa shape index (κ3) is 10.1. The van der Waals surface area contributed by atoms with Crippen LogP contribution in [0.25, 0.3) is 177 Å². The summed E-state index contributed by atoms with van der Waals surface area (Å²) in [5.41, 5.74) is 28.7. The topological polar surface area (TPSA) is 32.6 Å². The van der Waals surface area contributed by atoms with Gasteiger partial charge in [0.2, 0.25) is 0 Å². The number of aromatic nitrogens is 5. The van der Waals surface area contributed by atoms with Gasteiger partial charge in [0.05, 0.1) is 44.1 Å². The highest BCUT2D eigenvalue weighted by atomic mass is 15.0. The molecule has 15 aromatic carbocycles. The van der Waals surface area contributed by atoms with Gasteiger partial charge in [-0.2, -0.15) is 0 Å². The minimum Gasteiger partial charge on any atom is -0.309 e.